The first kappa shape index (κ1) is 21.9. The molecule has 0 aliphatic carbocycles. The third-order valence-corrected chi connectivity index (χ3v) is 4.77. The summed E-state index contributed by atoms with van der Waals surface area (Å²) in [6, 6.07) is 4.17. The number of aryl methyl sites for hydroxylation is 1. The number of carbonyl (C=O) groups is 1. The highest BCUT2D eigenvalue weighted by Gasteiger charge is 2.25. The van der Waals surface area contributed by atoms with E-state index in [0.29, 0.717) is 12.3 Å². The lowest BCUT2D eigenvalue weighted by atomic mass is 10.1. The maximum atomic E-state index is 12.6. The van der Waals surface area contributed by atoms with Crippen molar-refractivity contribution in [2.75, 3.05) is 13.7 Å². The average molecular weight is 365 g/mol. The number of carbonyl (C=O) groups excluding carboxylic acids is 1. The number of rotatable bonds is 7. The van der Waals surface area contributed by atoms with E-state index in [2.05, 4.69) is 9.46 Å². The molecule has 3 N–H and O–H groups in total. The van der Waals surface area contributed by atoms with E-state index < -0.39 is 16.0 Å². The fourth-order valence-corrected chi connectivity index (χ4v) is 3.63. The number of nitrogens with two attached hydrogens (primary N) is 1. The van der Waals surface area contributed by atoms with Gasteiger partial charge in [0.05, 0.1) is 17.6 Å². The minimum atomic E-state index is -3.85. The second kappa shape index (κ2) is 9.22. The second-order valence-electron chi connectivity index (χ2n) is 5.67. The van der Waals surface area contributed by atoms with E-state index in [1.165, 1.54) is 19.2 Å². The number of esters is 1. The number of methoxy groups -OCH3 is 1. The normalized spacial score (nSPS) is 12.6. The lowest BCUT2D eigenvalue weighted by Gasteiger charge is -2.19. The highest BCUT2D eigenvalue weighted by molar-refractivity contribution is 7.89. The summed E-state index contributed by atoms with van der Waals surface area (Å²) in [5.74, 6) is -0.383. The number of halogens is 1. The molecule has 8 heteroatoms. The van der Waals surface area contributed by atoms with Crippen molar-refractivity contribution < 1.29 is 17.9 Å². The molecule has 0 radical (unpaired) electrons. The molecule has 0 saturated heterocycles. The van der Waals surface area contributed by atoms with Gasteiger partial charge in [0.1, 0.15) is 0 Å². The Labute approximate surface area is 144 Å². The van der Waals surface area contributed by atoms with E-state index in [1.54, 1.807) is 13.0 Å². The highest BCUT2D eigenvalue weighted by Crippen LogP contribution is 2.19. The third-order valence-electron chi connectivity index (χ3n) is 3.19. The number of nitrogens with one attached hydrogen (secondary N) is 1. The molecule has 0 amide bonds. The molecular weight excluding hydrogens is 340 g/mol. The lowest BCUT2D eigenvalue weighted by Crippen LogP contribution is -2.41. The van der Waals surface area contributed by atoms with Crippen molar-refractivity contribution in [2.45, 2.75) is 38.1 Å². The van der Waals surface area contributed by atoms with E-state index in [-0.39, 0.29) is 35.5 Å². The quantitative estimate of drug-likeness (QED) is 0.719. The average Bonchev–Trinajstić information content (AvgIpc) is 2.44. The van der Waals surface area contributed by atoms with Crippen LogP contribution in [0.2, 0.25) is 0 Å². The zero-order valence-corrected chi connectivity index (χ0v) is 15.5. The van der Waals surface area contributed by atoms with Crippen LogP contribution in [0.1, 0.15) is 36.2 Å². The standard InChI is InChI=1S/C15H24N2O4S.ClH/c1-10(2)7-12(9-16)17-22(19,20)14-6-5-11(3)8-13(14)15(18)21-4;/h5-6,8,10,12,17H,7,9,16H2,1-4H3;1H. The van der Waals surface area contributed by atoms with Crippen LogP contribution in [0.4, 0.5) is 0 Å². The topological polar surface area (TPSA) is 98.5 Å². The number of hydrogen-bond acceptors (Lipinski definition) is 5. The molecule has 1 unspecified atom stereocenters. The number of benzene rings is 1. The fraction of sp³-hybridized carbons (Fsp3) is 0.533. The largest absolute Gasteiger partial charge is 0.465 e. The van der Waals surface area contributed by atoms with Gasteiger partial charge in [-0.05, 0) is 31.4 Å². The van der Waals surface area contributed by atoms with Gasteiger partial charge in [-0.15, -0.1) is 12.4 Å². The second-order valence-corrected chi connectivity index (χ2v) is 7.36. The summed E-state index contributed by atoms with van der Waals surface area (Å²) in [5.41, 5.74) is 6.43. The predicted octanol–water partition coefficient (Wildman–Crippen LogP) is 1.86. The molecule has 0 fully saturated rings. The maximum absolute atomic E-state index is 12.6. The van der Waals surface area contributed by atoms with Crippen molar-refractivity contribution in [1.29, 1.82) is 0 Å². The molecule has 0 saturated carbocycles. The molecule has 1 atom stereocenters. The Morgan fingerprint density at radius 1 is 1.35 bits per heavy atom. The Bertz CT molecular complexity index is 632. The van der Waals surface area contributed by atoms with Crippen LogP contribution in [-0.4, -0.2) is 34.1 Å². The SMILES string of the molecule is COC(=O)c1cc(C)ccc1S(=O)(=O)NC(CN)CC(C)C.Cl. The predicted molar refractivity (Wildman–Crippen MR) is 92.4 cm³/mol. The Kier molecular flexibility index (Phi) is 8.76. The van der Waals surface area contributed by atoms with Gasteiger partial charge in [0.2, 0.25) is 10.0 Å². The van der Waals surface area contributed by atoms with Crippen LogP contribution < -0.4 is 10.5 Å². The summed E-state index contributed by atoms with van der Waals surface area (Å²) in [4.78, 5) is 11.7. The summed E-state index contributed by atoms with van der Waals surface area (Å²) in [5, 5.41) is 0. The molecule has 6 nitrogen and oxygen atoms in total. The highest BCUT2D eigenvalue weighted by atomic mass is 35.5. The van der Waals surface area contributed by atoms with E-state index in [1.807, 2.05) is 13.8 Å². The van der Waals surface area contributed by atoms with Gasteiger partial charge in [0.25, 0.3) is 0 Å². The van der Waals surface area contributed by atoms with Crippen LogP contribution in [-0.2, 0) is 14.8 Å². The zero-order chi connectivity index (χ0) is 16.9. The van der Waals surface area contributed by atoms with E-state index in [9.17, 15) is 13.2 Å². The Hall–Kier alpha value is -1.15. The molecule has 0 bridgehead atoms. The molecule has 23 heavy (non-hydrogen) atoms. The van der Waals surface area contributed by atoms with Gasteiger partial charge in [0.15, 0.2) is 0 Å². The van der Waals surface area contributed by atoms with Gasteiger partial charge in [0, 0.05) is 12.6 Å². The van der Waals surface area contributed by atoms with Gasteiger partial charge in [-0.3, -0.25) is 0 Å². The first-order valence-corrected chi connectivity index (χ1v) is 8.61. The van der Waals surface area contributed by atoms with Gasteiger partial charge in [-0.25, -0.2) is 17.9 Å². The zero-order valence-electron chi connectivity index (χ0n) is 13.8. The summed E-state index contributed by atoms with van der Waals surface area (Å²) in [6.45, 7) is 5.94. The van der Waals surface area contributed by atoms with Gasteiger partial charge < -0.3 is 10.5 Å². The van der Waals surface area contributed by atoms with Crippen LogP contribution >= 0.6 is 12.4 Å². The smallest absolute Gasteiger partial charge is 0.339 e. The van der Waals surface area contributed by atoms with Crippen molar-refractivity contribution >= 4 is 28.4 Å². The Balaban J connectivity index is 0.00000484. The van der Waals surface area contributed by atoms with Crippen LogP contribution in [0.3, 0.4) is 0 Å². The molecule has 0 aliphatic rings. The number of sulfonamides is 1. The van der Waals surface area contributed by atoms with Gasteiger partial charge >= 0.3 is 5.97 Å². The Morgan fingerprint density at radius 2 is 1.96 bits per heavy atom. The maximum Gasteiger partial charge on any atom is 0.339 e. The van der Waals surface area contributed by atoms with Crippen molar-refractivity contribution in [1.82, 2.24) is 4.72 Å². The summed E-state index contributed by atoms with van der Waals surface area (Å²) in [6.07, 6.45) is 0.620. The minimum Gasteiger partial charge on any atom is -0.465 e. The van der Waals surface area contributed by atoms with Gasteiger partial charge in [-0.2, -0.15) is 0 Å². The third kappa shape index (κ3) is 6.10. The van der Waals surface area contributed by atoms with E-state index in [0.717, 1.165) is 5.56 Å². The fourth-order valence-electron chi connectivity index (χ4n) is 2.19. The van der Waals surface area contributed by atoms with Crippen molar-refractivity contribution in [3.8, 4) is 0 Å². The Morgan fingerprint density at radius 3 is 2.43 bits per heavy atom. The molecule has 0 heterocycles. The lowest BCUT2D eigenvalue weighted by molar-refractivity contribution is 0.0596. The molecular formula is C15H25ClN2O4S. The van der Waals surface area contributed by atoms with E-state index >= 15 is 0 Å². The van der Waals surface area contributed by atoms with Crippen LogP contribution in [0.5, 0.6) is 0 Å². The number of hydrogen-bond donors (Lipinski definition) is 2. The van der Waals surface area contributed by atoms with Crippen molar-refractivity contribution in [3.63, 3.8) is 0 Å². The molecule has 1 aromatic carbocycles. The first-order chi connectivity index (χ1) is 10.2. The monoisotopic (exact) mass is 364 g/mol. The molecule has 1 aromatic rings. The van der Waals surface area contributed by atoms with Crippen LogP contribution in [0.25, 0.3) is 0 Å². The first-order valence-electron chi connectivity index (χ1n) is 7.12. The molecule has 0 aromatic heterocycles. The van der Waals surface area contributed by atoms with Gasteiger partial charge in [-0.1, -0.05) is 25.5 Å². The summed E-state index contributed by atoms with van der Waals surface area (Å²) >= 11 is 0. The molecule has 132 valence electrons. The van der Waals surface area contributed by atoms with Crippen LogP contribution in [0.15, 0.2) is 23.1 Å². The van der Waals surface area contributed by atoms with Crippen LogP contribution in [0, 0.1) is 12.8 Å². The minimum absolute atomic E-state index is 0. The molecule has 1 rings (SSSR count). The molecule has 0 spiro atoms. The summed E-state index contributed by atoms with van der Waals surface area (Å²) < 4.78 is 32.4. The van der Waals surface area contributed by atoms with Crippen molar-refractivity contribution in [3.05, 3.63) is 29.3 Å². The summed E-state index contributed by atoms with van der Waals surface area (Å²) in [7, 11) is -2.63. The molecule has 0 aliphatic heterocycles. The van der Waals surface area contributed by atoms with E-state index in [4.69, 9.17) is 5.73 Å². The van der Waals surface area contributed by atoms with Crippen molar-refractivity contribution in [2.24, 2.45) is 11.7 Å². The number of ether oxygens (including phenoxy) is 1.